The quantitative estimate of drug-likeness (QED) is 0.160. The van der Waals surface area contributed by atoms with Crippen LogP contribution in [0.15, 0.2) is 183 Å². The standard InChI is InChI=1S/C52H38S2/c1-34-16-8-9-17-39(34)30-35(2)41-19-6-4-5-7-20-42(44-22-12-11-21-43(41)44)38-28-26-37(27-29-38)36(3)46-32-47-45-23-13-15-25-50(45)54-52(47)33-48(46)51-31-40-18-10-14-24-49(40)53-51/h6-33H,1-5H2/b19-6+,20-7?,39-30-,43-41+,44-42?. The summed E-state index contributed by atoms with van der Waals surface area (Å²) in [6, 6.07) is 50.4. The molecule has 0 saturated heterocycles. The Morgan fingerprint density at radius 1 is 0.593 bits per heavy atom. The Morgan fingerprint density at radius 2 is 1.30 bits per heavy atom. The number of hydrogen-bond acceptors (Lipinski definition) is 2. The molecule has 0 atom stereocenters. The molecule has 6 aromatic carbocycles. The summed E-state index contributed by atoms with van der Waals surface area (Å²) >= 11 is 3.72. The summed E-state index contributed by atoms with van der Waals surface area (Å²) in [5.74, 6) is 0. The van der Waals surface area contributed by atoms with Crippen LogP contribution in [0.3, 0.4) is 0 Å². The van der Waals surface area contributed by atoms with Crippen molar-refractivity contribution >= 4 is 82.3 Å². The fourth-order valence-electron chi connectivity index (χ4n) is 7.55. The summed E-state index contributed by atoms with van der Waals surface area (Å²) in [5, 5.41) is 8.27. The van der Waals surface area contributed by atoms with Crippen LogP contribution in [0.5, 0.6) is 0 Å². The second kappa shape index (κ2) is 14.4. The van der Waals surface area contributed by atoms with Gasteiger partial charge in [-0.2, -0.15) is 0 Å². The number of thiophene rings is 2. The third-order valence-corrected chi connectivity index (χ3v) is 12.7. The van der Waals surface area contributed by atoms with Gasteiger partial charge in [0.2, 0.25) is 0 Å². The van der Waals surface area contributed by atoms with E-state index in [-0.39, 0.29) is 0 Å². The van der Waals surface area contributed by atoms with Gasteiger partial charge in [0.05, 0.1) is 0 Å². The van der Waals surface area contributed by atoms with E-state index in [0.717, 1.165) is 50.8 Å². The highest BCUT2D eigenvalue weighted by Crippen LogP contribution is 2.44. The molecular formula is C52H38S2. The van der Waals surface area contributed by atoms with Crippen molar-refractivity contribution in [1.29, 1.82) is 0 Å². The number of rotatable bonds is 6. The Bertz CT molecular complexity index is 3050. The van der Waals surface area contributed by atoms with Crippen molar-refractivity contribution < 1.29 is 0 Å². The summed E-state index contributed by atoms with van der Waals surface area (Å²) < 4.78 is 3.91. The van der Waals surface area contributed by atoms with E-state index in [2.05, 4.69) is 171 Å². The molecule has 0 N–H and O–H groups in total. The summed E-state index contributed by atoms with van der Waals surface area (Å²) in [6.45, 7) is 13.6. The van der Waals surface area contributed by atoms with Gasteiger partial charge in [0, 0.05) is 35.3 Å². The normalized spacial score (nSPS) is 15.1. The first-order chi connectivity index (χ1) is 26.5. The van der Waals surface area contributed by atoms with Gasteiger partial charge in [-0.1, -0.05) is 153 Å². The van der Waals surface area contributed by atoms with Crippen LogP contribution in [0.25, 0.3) is 70.1 Å². The smallest absolute Gasteiger partial charge is 0.0362 e. The summed E-state index contributed by atoms with van der Waals surface area (Å²) in [6.07, 6.45) is 13.2. The average molecular weight is 727 g/mol. The second-order valence-electron chi connectivity index (χ2n) is 13.8. The maximum Gasteiger partial charge on any atom is 0.0362 e. The first kappa shape index (κ1) is 33.8. The van der Waals surface area contributed by atoms with Crippen LogP contribution < -0.4 is 20.9 Å². The molecule has 54 heavy (non-hydrogen) atoms. The first-order valence-electron chi connectivity index (χ1n) is 18.4. The van der Waals surface area contributed by atoms with Crippen molar-refractivity contribution in [3.63, 3.8) is 0 Å². The lowest BCUT2D eigenvalue weighted by atomic mass is 9.91. The van der Waals surface area contributed by atoms with Crippen LogP contribution in [0.2, 0.25) is 0 Å². The fraction of sp³-hybridized carbons (Fsp3) is 0.0385. The number of allylic oxidation sites excluding steroid dienone is 5. The monoisotopic (exact) mass is 726 g/mol. The van der Waals surface area contributed by atoms with Gasteiger partial charge in [0.15, 0.2) is 0 Å². The average Bonchev–Trinajstić information content (AvgIpc) is 3.81. The van der Waals surface area contributed by atoms with E-state index >= 15 is 0 Å². The minimum atomic E-state index is 0.958. The lowest BCUT2D eigenvalue weighted by Gasteiger charge is -2.14. The van der Waals surface area contributed by atoms with E-state index in [1.165, 1.54) is 62.6 Å². The zero-order chi connectivity index (χ0) is 36.6. The summed E-state index contributed by atoms with van der Waals surface area (Å²) in [7, 11) is 0. The SMILES string of the molecule is C=C(/C=c1/ccccc1=C)C1=c2\ccccc2=C(c2ccc(C(=C)c3cc4c(cc3-c3cc5ccccc5s3)sc3ccccc34)cc2)C=CCC\C=C\1. The van der Waals surface area contributed by atoms with Crippen molar-refractivity contribution in [2.24, 2.45) is 0 Å². The van der Waals surface area contributed by atoms with Crippen molar-refractivity contribution in [3.8, 4) is 10.4 Å². The maximum absolute atomic E-state index is 4.76. The molecular weight excluding hydrogens is 689 g/mol. The van der Waals surface area contributed by atoms with Crippen LogP contribution in [-0.4, -0.2) is 0 Å². The molecule has 2 heteroatoms. The van der Waals surface area contributed by atoms with Gasteiger partial charge in [-0.3, -0.25) is 0 Å². The largest absolute Gasteiger partial charge is 0.135 e. The molecule has 0 radical (unpaired) electrons. The molecule has 0 aliphatic heterocycles. The molecule has 0 saturated carbocycles. The molecule has 1 aliphatic carbocycles. The van der Waals surface area contributed by atoms with E-state index < -0.39 is 0 Å². The molecule has 8 aromatic rings. The molecule has 0 spiro atoms. The van der Waals surface area contributed by atoms with E-state index in [4.69, 9.17) is 6.58 Å². The highest BCUT2D eigenvalue weighted by Gasteiger charge is 2.17. The predicted molar refractivity (Wildman–Crippen MR) is 239 cm³/mol. The molecule has 0 fully saturated rings. The molecule has 9 rings (SSSR count). The zero-order valence-corrected chi connectivity index (χ0v) is 31.7. The lowest BCUT2D eigenvalue weighted by Crippen LogP contribution is -2.29. The lowest BCUT2D eigenvalue weighted by molar-refractivity contribution is 1.05. The molecule has 1 aliphatic rings. The maximum atomic E-state index is 4.76. The minimum Gasteiger partial charge on any atom is -0.135 e. The molecule has 258 valence electrons. The predicted octanol–water partition coefficient (Wildman–Crippen LogP) is 11.7. The molecule has 0 bridgehead atoms. The van der Waals surface area contributed by atoms with Crippen LogP contribution in [0.1, 0.15) is 29.5 Å². The summed E-state index contributed by atoms with van der Waals surface area (Å²) in [4.78, 5) is 1.26. The van der Waals surface area contributed by atoms with Crippen LogP contribution in [-0.2, 0) is 0 Å². The van der Waals surface area contributed by atoms with Crippen LogP contribution in [0.4, 0.5) is 0 Å². The Hall–Kier alpha value is -6.06. The van der Waals surface area contributed by atoms with Crippen molar-refractivity contribution in [2.75, 3.05) is 0 Å². The second-order valence-corrected chi connectivity index (χ2v) is 16.0. The summed E-state index contributed by atoms with van der Waals surface area (Å²) in [5.41, 5.74) is 8.99. The van der Waals surface area contributed by atoms with Gasteiger partial charge in [0.1, 0.15) is 0 Å². The van der Waals surface area contributed by atoms with Crippen molar-refractivity contribution in [2.45, 2.75) is 12.8 Å². The first-order valence-corrected chi connectivity index (χ1v) is 20.0. The highest BCUT2D eigenvalue weighted by atomic mass is 32.1. The van der Waals surface area contributed by atoms with E-state index in [1.54, 1.807) is 0 Å². The van der Waals surface area contributed by atoms with Gasteiger partial charge in [0.25, 0.3) is 0 Å². The Morgan fingerprint density at radius 3 is 2.11 bits per heavy atom. The van der Waals surface area contributed by atoms with E-state index in [1.807, 2.05) is 34.8 Å². The molecule has 0 amide bonds. The Balaban J connectivity index is 1.18. The van der Waals surface area contributed by atoms with Gasteiger partial charge in [-0.25, -0.2) is 0 Å². The fourth-order valence-corrected chi connectivity index (χ4v) is 9.77. The van der Waals surface area contributed by atoms with Crippen molar-refractivity contribution in [1.82, 2.24) is 0 Å². The molecule has 0 unspecified atom stereocenters. The van der Waals surface area contributed by atoms with Gasteiger partial charge in [-0.05, 0) is 114 Å². The van der Waals surface area contributed by atoms with Crippen LogP contribution >= 0.6 is 22.7 Å². The van der Waals surface area contributed by atoms with Crippen molar-refractivity contribution in [3.05, 3.63) is 220 Å². The van der Waals surface area contributed by atoms with E-state index in [9.17, 15) is 0 Å². The number of benzene rings is 6. The Labute approximate surface area is 324 Å². The van der Waals surface area contributed by atoms with E-state index in [0.29, 0.717) is 0 Å². The topological polar surface area (TPSA) is 0 Å². The number of fused-ring (bicyclic) bond motifs is 5. The highest BCUT2D eigenvalue weighted by molar-refractivity contribution is 7.26. The third-order valence-electron chi connectivity index (χ3n) is 10.4. The molecule has 2 heterocycles. The zero-order valence-electron chi connectivity index (χ0n) is 30.0. The minimum absolute atomic E-state index is 0.958. The van der Waals surface area contributed by atoms with Gasteiger partial charge in [-0.15, -0.1) is 22.7 Å². The van der Waals surface area contributed by atoms with Gasteiger partial charge < -0.3 is 0 Å². The third kappa shape index (κ3) is 6.34. The molecule has 2 aromatic heterocycles. The van der Waals surface area contributed by atoms with Gasteiger partial charge >= 0.3 is 0 Å². The van der Waals surface area contributed by atoms with Crippen LogP contribution in [0, 0.1) is 0 Å². The Kier molecular flexibility index (Phi) is 9.00. The molecule has 0 nitrogen and oxygen atoms in total. The number of hydrogen-bond donors (Lipinski definition) is 0.